The zero-order valence-electron chi connectivity index (χ0n) is 9.55. The first-order valence-corrected chi connectivity index (χ1v) is 5.67. The summed E-state index contributed by atoms with van der Waals surface area (Å²) in [6.45, 7) is 5.95. The van der Waals surface area contributed by atoms with Crippen molar-refractivity contribution >= 4 is 5.97 Å². The molecule has 1 aliphatic rings. The molecule has 14 heavy (non-hydrogen) atoms. The Morgan fingerprint density at radius 2 is 1.93 bits per heavy atom. The monoisotopic (exact) mass is 198 g/mol. The highest BCUT2D eigenvalue weighted by Crippen LogP contribution is 2.38. The molecule has 0 radical (unpaired) electrons. The van der Waals surface area contributed by atoms with Gasteiger partial charge in [-0.25, -0.2) is 0 Å². The minimum Gasteiger partial charge on any atom is -0.481 e. The van der Waals surface area contributed by atoms with E-state index < -0.39 is 11.4 Å². The minimum absolute atomic E-state index is 0.545. The van der Waals surface area contributed by atoms with E-state index in [0.717, 1.165) is 6.42 Å². The molecule has 2 unspecified atom stereocenters. The second-order valence-corrected chi connectivity index (χ2v) is 5.41. The van der Waals surface area contributed by atoms with Gasteiger partial charge in [0.1, 0.15) is 0 Å². The van der Waals surface area contributed by atoms with Crippen molar-refractivity contribution in [3.63, 3.8) is 0 Å². The summed E-state index contributed by atoms with van der Waals surface area (Å²) in [4.78, 5) is 11.0. The van der Waals surface area contributed by atoms with Crippen LogP contribution in [0.4, 0.5) is 0 Å². The highest BCUT2D eigenvalue weighted by Gasteiger charge is 2.33. The van der Waals surface area contributed by atoms with E-state index in [-0.39, 0.29) is 0 Å². The predicted molar refractivity (Wildman–Crippen MR) is 57.2 cm³/mol. The van der Waals surface area contributed by atoms with Crippen molar-refractivity contribution < 1.29 is 9.90 Å². The molecule has 0 saturated heterocycles. The second kappa shape index (κ2) is 4.33. The summed E-state index contributed by atoms with van der Waals surface area (Å²) in [5.41, 5.74) is -0.545. The fraction of sp³-hybridized carbons (Fsp3) is 0.917. The van der Waals surface area contributed by atoms with Gasteiger partial charge in [0.2, 0.25) is 0 Å². The van der Waals surface area contributed by atoms with E-state index in [1.807, 2.05) is 13.8 Å². The lowest BCUT2D eigenvalue weighted by Crippen LogP contribution is -2.30. The maximum absolute atomic E-state index is 11.0. The van der Waals surface area contributed by atoms with Crippen LogP contribution in [0.25, 0.3) is 0 Å². The first-order chi connectivity index (χ1) is 6.43. The van der Waals surface area contributed by atoms with E-state index in [4.69, 9.17) is 5.11 Å². The second-order valence-electron chi connectivity index (χ2n) is 5.41. The molecule has 0 amide bonds. The highest BCUT2D eigenvalue weighted by molar-refractivity contribution is 5.73. The Kier molecular flexibility index (Phi) is 3.57. The van der Waals surface area contributed by atoms with Crippen molar-refractivity contribution in [3.8, 4) is 0 Å². The number of aliphatic carboxylic acids is 1. The molecule has 1 aliphatic carbocycles. The normalized spacial score (nSPS) is 28.8. The number of hydrogen-bond acceptors (Lipinski definition) is 1. The average Bonchev–Trinajstić information content (AvgIpc) is 2.08. The van der Waals surface area contributed by atoms with E-state index in [9.17, 15) is 4.79 Å². The maximum atomic E-state index is 11.0. The molecule has 2 atom stereocenters. The van der Waals surface area contributed by atoms with Gasteiger partial charge in [0.05, 0.1) is 5.41 Å². The summed E-state index contributed by atoms with van der Waals surface area (Å²) in [5.74, 6) is 0.674. The molecule has 0 heterocycles. The minimum atomic E-state index is -0.657. The quantitative estimate of drug-likeness (QED) is 0.755. The van der Waals surface area contributed by atoms with Gasteiger partial charge in [0, 0.05) is 0 Å². The van der Waals surface area contributed by atoms with Crippen LogP contribution in [-0.2, 0) is 4.79 Å². The fourth-order valence-electron chi connectivity index (χ4n) is 2.44. The van der Waals surface area contributed by atoms with Crippen LogP contribution in [0.3, 0.4) is 0 Å². The largest absolute Gasteiger partial charge is 0.481 e. The van der Waals surface area contributed by atoms with Crippen LogP contribution in [0.15, 0.2) is 0 Å². The van der Waals surface area contributed by atoms with Gasteiger partial charge < -0.3 is 5.11 Å². The first-order valence-electron chi connectivity index (χ1n) is 5.67. The van der Waals surface area contributed by atoms with Crippen LogP contribution < -0.4 is 0 Å². The van der Waals surface area contributed by atoms with Crippen molar-refractivity contribution in [2.24, 2.45) is 17.3 Å². The SMILES string of the molecule is CC1CCCCC1CC(C)(C)C(=O)O. The number of carboxylic acids is 1. The molecule has 1 rings (SSSR count). The first kappa shape index (κ1) is 11.5. The number of rotatable bonds is 3. The van der Waals surface area contributed by atoms with E-state index in [1.165, 1.54) is 25.7 Å². The smallest absolute Gasteiger partial charge is 0.309 e. The number of hydrogen-bond donors (Lipinski definition) is 1. The van der Waals surface area contributed by atoms with Gasteiger partial charge in [0.25, 0.3) is 0 Å². The molecule has 1 fully saturated rings. The summed E-state index contributed by atoms with van der Waals surface area (Å²) >= 11 is 0. The third-order valence-electron chi connectivity index (χ3n) is 3.64. The van der Waals surface area contributed by atoms with Crippen LogP contribution >= 0.6 is 0 Å². The van der Waals surface area contributed by atoms with Crippen LogP contribution in [0.2, 0.25) is 0 Å². The van der Waals surface area contributed by atoms with Gasteiger partial charge in [0.15, 0.2) is 0 Å². The lowest BCUT2D eigenvalue weighted by atomic mass is 9.72. The third-order valence-corrected chi connectivity index (χ3v) is 3.64. The summed E-state index contributed by atoms with van der Waals surface area (Å²) < 4.78 is 0. The lowest BCUT2D eigenvalue weighted by Gasteiger charge is -2.33. The van der Waals surface area contributed by atoms with Gasteiger partial charge in [-0.15, -0.1) is 0 Å². The maximum Gasteiger partial charge on any atom is 0.309 e. The standard InChI is InChI=1S/C12H22O2/c1-9-6-4-5-7-10(9)8-12(2,3)11(13)14/h9-10H,4-8H2,1-3H3,(H,13,14). The van der Waals surface area contributed by atoms with Gasteiger partial charge in [-0.1, -0.05) is 32.6 Å². The van der Waals surface area contributed by atoms with Crippen molar-refractivity contribution in [2.75, 3.05) is 0 Å². The Hall–Kier alpha value is -0.530. The molecule has 0 aromatic rings. The zero-order valence-corrected chi connectivity index (χ0v) is 9.55. The zero-order chi connectivity index (χ0) is 10.8. The fourth-order valence-corrected chi connectivity index (χ4v) is 2.44. The van der Waals surface area contributed by atoms with Gasteiger partial charge in [-0.3, -0.25) is 4.79 Å². The van der Waals surface area contributed by atoms with Crippen LogP contribution in [-0.4, -0.2) is 11.1 Å². The molecular weight excluding hydrogens is 176 g/mol. The predicted octanol–water partition coefficient (Wildman–Crippen LogP) is 3.31. The molecule has 1 N–H and O–H groups in total. The molecule has 2 heteroatoms. The van der Waals surface area contributed by atoms with Gasteiger partial charge >= 0.3 is 5.97 Å². The van der Waals surface area contributed by atoms with E-state index >= 15 is 0 Å². The van der Waals surface area contributed by atoms with Crippen LogP contribution in [0.5, 0.6) is 0 Å². The summed E-state index contributed by atoms with van der Waals surface area (Å²) in [6, 6.07) is 0. The molecule has 1 saturated carbocycles. The van der Waals surface area contributed by atoms with Crippen molar-refractivity contribution in [1.29, 1.82) is 0 Å². The van der Waals surface area contributed by atoms with Crippen LogP contribution in [0, 0.1) is 17.3 Å². The van der Waals surface area contributed by atoms with E-state index in [0.29, 0.717) is 11.8 Å². The lowest BCUT2D eigenvalue weighted by molar-refractivity contribution is -0.148. The van der Waals surface area contributed by atoms with Gasteiger partial charge in [-0.05, 0) is 32.1 Å². The van der Waals surface area contributed by atoms with Crippen LogP contribution in [0.1, 0.15) is 52.9 Å². The molecule has 0 bridgehead atoms. The van der Waals surface area contributed by atoms with E-state index in [1.54, 1.807) is 0 Å². The molecular formula is C12H22O2. The summed E-state index contributed by atoms with van der Waals surface area (Å²) in [5, 5.41) is 9.06. The Balaban J connectivity index is 2.53. The van der Waals surface area contributed by atoms with E-state index in [2.05, 4.69) is 6.92 Å². The number of carboxylic acid groups (broad SMARTS) is 1. The Bertz CT molecular complexity index is 208. The Labute approximate surface area is 86.7 Å². The molecule has 82 valence electrons. The topological polar surface area (TPSA) is 37.3 Å². The van der Waals surface area contributed by atoms with Crippen molar-refractivity contribution in [1.82, 2.24) is 0 Å². The van der Waals surface area contributed by atoms with Gasteiger partial charge in [-0.2, -0.15) is 0 Å². The molecule has 0 aromatic heterocycles. The number of carbonyl (C=O) groups is 1. The average molecular weight is 198 g/mol. The molecule has 0 spiro atoms. The molecule has 0 aromatic carbocycles. The third kappa shape index (κ3) is 2.73. The summed E-state index contributed by atoms with van der Waals surface area (Å²) in [6.07, 6.45) is 5.94. The molecule has 2 nitrogen and oxygen atoms in total. The Morgan fingerprint density at radius 1 is 1.36 bits per heavy atom. The van der Waals surface area contributed by atoms with Crippen molar-refractivity contribution in [2.45, 2.75) is 52.9 Å². The molecule has 0 aliphatic heterocycles. The highest BCUT2D eigenvalue weighted by atomic mass is 16.4. The van der Waals surface area contributed by atoms with Crippen molar-refractivity contribution in [3.05, 3.63) is 0 Å². The summed E-state index contributed by atoms with van der Waals surface area (Å²) in [7, 11) is 0. The Morgan fingerprint density at radius 3 is 2.43 bits per heavy atom.